The molecule has 0 saturated heterocycles. The number of ether oxygens (including phenoxy) is 1. The molecule has 0 atom stereocenters. The smallest absolute Gasteiger partial charge is 0.251 e. The van der Waals surface area contributed by atoms with Gasteiger partial charge in [-0.25, -0.2) is 4.99 Å². The maximum atomic E-state index is 12.1. The van der Waals surface area contributed by atoms with E-state index in [1.54, 1.807) is 7.11 Å². The molecule has 0 saturated carbocycles. The summed E-state index contributed by atoms with van der Waals surface area (Å²) in [5.41, 5.74) is 2.71. The Labute approximate surface area is 167 Å². The fourth-order valence-corrected chi connectivity index (χ4v) is 2.69. The van der Waals surface area contributed by atoms with E-state index < -0.39 is 0 Å². The van der Waals surface area contributed by atoms with Crippen LogP contribution in [-0.2, 0) is 13.1 Å². The minimum absolute atomic E-state index is 0.0473. The van der Waals surface area contributed by atoms with E-state index in [0.29, 0.717) is 31.2 Å². The van der Waals surface area contributed by atoms with Gasteiger partial charge in [-0.3, -0.25) is 4.79 Å². The molecule has 2 rings (SSSR count). The van der Waals surface area contributed by atoms with Gasteiger partial charge in [-0.05, 0) is 37.1 Å². The van der Waals surface area contributed by atoms with E-state index in [2.05, 4.69) is 20.9 Å². The number of para-hydroxylation sites is 1. The van der Waals surface area contributed by atoms with Crippen molar-refractivity contribution >= 4 is 11.9 Å². The van der Waals surface area contributed by atoms with Gasteiger partial charge in [0.25, 0.3) is 5.91 Å². The largest absolute Gasteiger partial charge is 0.496 e. The zero-order valence-electron chi connectivity index (χ0n) is 16.9. The van der Waals surface area contributed by atoms with E-state index in [1.807, 2.05) is 62.4 Å². The molecule has 150 valence electrons. The highest BCUT2D eigenvalue weighted by Crippen LogP contribution is 2.16. The maximum Gasteiger partial charge on any atom is 0.251 e. The molecule has 6 heteroatoms. The van der Waals surface area contributed by atoms with Crippen molar-refractivity contribution in [3.63, 3.8) is 0 Å². The van der Waals surface area contributed by atoms with Gasteiger partial charge in [0.15, 0.2) is 5.96 Å². The SMILES string of the molecule is CCCNC(=O)c1cccc(CN=C(NCC)NCc2ccccc2OC)c1. The van der Waals surface area contributed by atoms with Gasteiger partial charge in [0.05, 0.1) is 13.7 Å². The molecule has 28 heavy (non-hydrogen) atoms. The molecule has 0 aliphatic heterocycles. The summed E-state index contributed by atoms with van der Waals surface area (Å²) in [5.74, 6) is 1.51. The van der Waals surface area contributed by atoms with Gasteiger partial charge in [-0.1, -0.05) is 37.3 Å². The molecule has 0 fully saturated rings. The summed E-state index contributed by atoms with van der Waals surface area (Å²) in [6.45, 7) is 6.59. The van der Waals surface area contributed by atoms with Crippen LogP contribution in [0.3, 0.4) is 0 Å². The maximum absolute atomic E-state index is 12.1. The molecular formula is C22H30N4O2. The summed E-state index contributed by atoms with van der Waals surface area (Å²) in [6, 6.07) is 15.5. The minimum atomic E-state index is -0.0473. The number of amides is 1. The summed E-state index contributed by atoms with van der Waals surface area (Å²) in [6.07, 6.45) is 0.916. The zero-order valence-corrected chi connectivity index (χ0v) is 16.9. The quantitative estimate of drug-likeness (QED) is 0.460. The van der Waals surface area contributed by atoms with E-state index in [-0.39, 0.29) is 5.91 Å². The third-order valence-corrected chi connectivity index (χ3v) is 4.13. The van der Waals surface area contributed by atoms with Crippen molar-refractivity contribution in [2.75, 3.05) is 20.2 Å². The lowest BCUT2D eigenvalue weighted by Gasteiger charge is -2.13. The zero-order chi connectivity index (χ0) is 20.2. The van der Waals surface area contributed by atoms with Crippen molar-refractivity contribution < 1.29 is 9.53 Å². The third-order valence-electron chi connectivity index (χ3n) is 4.13. The molecule has 0 heterocycles. The van der Waals surface area contributed by atoms with Gasteiger partial charge in [0, 0.05) is 30.8 Å². The highest BCUT2D eigenvalue weighted by Gasteiger charge is 2.06. The van der Waals surface area contributed by atoms with Crippen LogP contribution in [0.1, 0.15) is 41.8 Å². The van der Waals surface area contributed by atoms with Crippen LogP contribution >= 0.6 is 0 Å². The highest BCUT2D eigenvalue weighted by atomic mass is 16.5. The normalized spacial score (nSPS) is 11.0. The van der Waals surface area contributed by atoms with Crippen LogP contribution < -0.4 is 20.7 Å². The summed E-state index contributed by atoms with van der Waals surface area (Å²) in [4.78, 5) is 16.8. The van der Waals surface area contributed by atoms with Crippen molar-refractivity contribution in [3.05, 3.63) is 65.2 Å². The van der Waals surface area contributed by atoms with Gasteiger partial charge >= 0.3 is 0 Å². The monoisotopic (exact) mass is 382 g/mol. The van der Waals surface area contributed by atoms with Gasteiger partial charge in [-0.2, -0.15) is 0 Å². The lowest BCUT2D eigenvalue weighted by atomic mass is 10.1. The summed E-state index contributed by atoms with van der Waals surface area (Å²) >= 11 is 0. The fourth-order valence-electron chi connectivity index (χ4n) is 2.69. The number of rotatable bonds is 9. The van der Waals surface area contributed by atoms with E-state index in [9.17, 15) is 4.79 Å². The Morgan fingerprint density at radius 3 is 2.61 bits per heavy atom. The Morgan fingerprint density at radius 1 is 1.04 bits per heavy atom. The number of carbonyl (C=O) groups excluding carboxylic acids is 1. The predicted molar refractivity (Wildman–Crippen MR) is 114 cm³/mol. The molecule has 2 aromatic rings. The van der Waals surface area contributed by atoms with Crippen LogP contribution in [-0.4, -0.2) is 32.1 Å². The second-order valence-electron chi connectivity index (χ2n) is 6.32. The minimum Gasteiger partial charge on any atom is -0.496 e. The lowest BCUT2D eigenvalue weighted by Crippen LogP contribution is -2.36. The predicted octanol–water partition coefficient (Wildman–Crippen LogP) is 3.09. The van der Waals surface area contributed by atoms with Crippen LogP contribution in [0.5, 0.6) is 5.75 Å². The molecule has 6 nitrogen and oxygen atoms in total. The molecule has 0 spiro atoms. The van der Waals surface area contributed by atoms with Crippen molar-refractivity contribution in [2.45, 2.75) is 33.4 Å². The molecule has 0 radical (unpaired) electrons. The first-order valence-corrected chi connectivity index (χ1v) is 9.69. The average molecular weight is 383 g/mol. The second kappa shape index (κ2) is 11.6. The Hall–Kier alpha value is -3.02. The lowest BCUT2D eigenvalue weighted by molar-refractivity contribution is 0.0953. The Kier molecular flexibility index (Phi) is 8.85. The second-order valence-corrected chi connectivity index (χ2v) is 6.32. The van der Waals surface area contributed by atoms with Crippen molar-refractivity contribution in [1.29, 1.82) is 0 Å². The summed E-state index contributed by atoms with van der Waals surface area (Å²) < 4.78 is 5.39. The van der Waals surface area contributed by atoms with Crippen LogP contribution in [0.4, 0.5) is 0 Å². The molecule has 3 N–H and O–H groups in total. The number of nitrogens with zero attached hydrogens (tertiary/aromatic N) is 1. The molecule has 0 aliphatic carbocycles. The number of aliphatic imine (C=N–C) groups is 1. The molecule has 0 aromatic heterocycles. The molecule has 0 unspecified atom stereocenters. The number of hydrogen-bond donors (Lipinski definition) is 3. The summed E-state index contributed by atoms with van der Waals surface area (Å²) in [7, 11) is 1.67. The topological polar surface area (TPSA) is 74.8 Å². The first-order chi connectivity index (χ1) is 13.7. The third kappa shape index (κ3) is 6.61. The van der Waals surface area contributed by atoms with E-state index in [4.69, 9.17) is 4.74 Å². The van der Waals surface area contributed by atoms with Gasteiger partial charge in [-0.15, -0.1) is 0 Å². The first kappa shape index (κ1) is 21.3. The van der Waals surface area contributed by atoms with Gasteiger partial charge in [0.2, 0.25) is 0 Å². The fraction of sp³-hybridized carbons (Fsp3) is 0.364. The van der Waals surface area contributed by atoms with Crippen LogP contribution in [0, 0.1) is 0 Å². The van der Waals surface area contributed by atoms with Gasteiger partial charge < -0.3 is 20.7 Å². The average Bonchev–Trinajstić information content (AvgIpc) is 2.74. The Balaban J connectivity index is 2.03. The number of nitrogens with one attached hydrogen (secondary N) is 3. The number of methoxy groups -OCH3 is 1. The van der Waals surface area contributed by atoms with Crippen molar-refractivity contribution in [2.24, 2.45) is 4.99 Å². The number of hydrogen-bond acceptors (Lipinski definition) is 3. The standard InChI is InChI=1S/C22H30N4O2/c1-4-13-24-21(27)18-11-8-9-17(14-18)15-25-22(23-5-2)26-16-19-10-6-7-12-20(19)28-3/h6-12,14H,4-5,13,15-16H2,1-3H3,(H,24,27)(H2,23,25,26). The number of benzene rings is 2. The Bertz CT molecular complexity index is 790. The molecule has 2 aromatic carbocycles. The molecular weight excluding hydrogens is 352 g/mol. The number of carbonyl (C=O) groups is 1. The molecule has 1 amide bonds. The van der Waals surface area contributed by atoms with Crippen LogP contribution in [0.2, 0.25) is 0 Å². The van der Waals surface area contributed by atoms with E-state index in [0.717, 1.165) is 29.8 Å². The van der Waals surface area contributed by atoms with E-state index in [1.165, 1.54) is 0 Å². The number of guanidine groups is 1. The van der Waals surface area contributed by atoms with E-state index >= 15 is 0 Å². The van der Waals surface area contributed by atoms with Gasteiger partial charge in [0.1, 0.15) is 5.75 Å². The molecule has 0 aliphatic rings. The molecule has 0 bridgehead atoms. The highest BCUT2D eigenvalue weighted by molar-refractivity contribution is 5.94. The van der Waals surface area contributed by atoms with Crippen molar-refractivity contribution in [3.8, 4) is 5.75 Å². The Morgan fingerprint density at radius 2 is 1.86 bits per heavy atom. The summed E-state index contributed by atoms with van der Waals surface area (Å²) in [5, 5.41) is 9.47. The van der Waals surface area contributed by atoms with Crippen LogP contribution in [0.25, 0.3) is 0 Å². The van der Waals surface area contributed by atoms with Crippen LogP contribution in [0.15, 0.2) is 53.5 Å². The first-order valence-electron chi connectivity index (χ1n) is 9.69. The van der Waals surface area contributed by atoms with Crippen molar-refractivity contribution in [1.82, 2.24) is 16.0 Å².